The summed E-state index contributed by atoms with van der Waals surface area (Å²) in [4.78, 5) is 34.0. The molecule has 0 radical (unpaired) electrons. The van der Waals surface area contributed by atoms with Gasteiger partial charge in [-0.1, -0.05) is 12.1 Å². The molecule has 5 rings (SSSR count). The summed E-state index contributed by atoms with van der Waals surface area (Å²) in [6.07, 6.45) is -4.27. The van der Waals surface area contributed by atoms with Crippen LogP contribution in [0.2, 0.25) is 0 Å². The van der Waals surface area contributed by atoms with Crippen molar-refractivity contribution in [2.24, 2.45) is 0 Å². The lowest BCUT2D eigenvalue weighted by Gasteiger charge is -2.29. The minimum absolute atomic E-state index is 0.0178. The van der Waals surface area contributed by atoms with Gasteiger partial charge in [-0.25, -0.2) is 14.8 Å². The Morgan fingerprint density at radius 2 is 1.94 bits per heavy atom. The number of aromatic amines is 1. The minimum Gasteiger partial charge on any atom is -0.475 e. The van der Waals surface area contributed by atoms with E-state index in [1.807, 2.05) is 31.2 Å². The van der Waals surface area contributed by atoms with Gasteiger partial charge in [-0.2, -0.15) is 13.2 Å². The number of halogens is 3. The molecular weight excluding hydrogens is 441 g/mol. The van der Waals surface area contributed by atoms with E-state index < -0.39 is 12.1 Å². The summed E-state index contributed by atoms with van der Waals surface area (Å²) in [6.45, 7) is 4.54. The SMILES string of the molecule is Cc1nc2cccc(-c3cc4c([nH]3)CCNC4=O)c2nc1NC1CNC1.O=C(O)C(F)(F)F. The molecule has 2 aliphatic heterocycles. The van der Waals surface area contributed by atoms with Gasteiger partial charge in [0.05, 0.1) is 22.8 Å². The monoisotopic (exact) mass is 462 g/mol. The second-order valence-corrected chi connectivity index (χ2v) is 7.71. The number of carboxylic acids is 1. The molecule has 33 heavy (non-hydrogen) atoms. The molecule has 174 valence electrons. The lowest BCUT2D eigenvalue weighted by atomic mass is 10.1. The number of fused-ring (bicyclic) bond motifs is 2. The predicted octanol–water partition coefficient (Wildman–Crippen LogP) is 2.24. The number of nitrogens with one attached hydrogen (secondary N) is 4. The number of aromatic nitrogens is 3. The number of nitrogens with zero attached hydrogens (tertiary/aromatic N) is 2. The van der Waals surface area contributed by atoms with Crippen molar-refractivity contribution in [2.75, 3.05) is 25.0 Å². The summed E-state index contributed by atoms with van der Waals surface area (Å²) in [7, 11) is 0. The maximum Gasteiger partial charge on any atom is 0.490 e. The number of hydrogen-bond acceptors (Lipinski definition) is 6. The van der Waals surface area contributed by atoms with Crippen molar-refractivity contribution in [3.05, 3.63) is 41.2 Å². The Hall–Kier alpha value is -3.67. The van der Waals surface area contributed by atoms with Crippen molar-refractivity contribution in [2.45, 2.75) is 25.6 Å². The number of para-hydroxylation sites is 1. The van der Waals surface area contributed by atoms with Crippen LogP contribution in [0.3, 0.4) is 0 Å². The third-order valence-electron chi connectivity index (χ3n) is 5.33. The van der Waals surface area contributed by atoms with Gasteiger partial charge in [0, 0.05) is 43.0 Å². The van der Waals surface area contributed by atoms with Crippen LogP contribution in [-0.4, -0.2) is 63.8 Å². The average Bonchev–Trinajstić information content (AvgIpc) is 3.15. The zero-order chi connectivity index (χ0) is 23.8. The lowest BCUT2D eigenvalue weighted by molar-refractivity contribution is -0.192. The molecule has 2 aromatic heterocycles. The van der Waals surface area contributed by atoms with Gasteiger partial charge in [0.1, 0.15) is 11.3 Å². The maximum atomic E-state index is 12.1. The minimum atomic E-state index is -5.08. The van der Waals surface area contributed by atoms with Gasteiger partial charge >= 0.3 is 12.1 Å². The Labute approximate surface area is 185 Å². The summed E-state index contributed by atoms with van der Waals surface area (Å²) in [5, 5.41) is 16.7. The number of carbonyl (C=O) groups is 2. The number of carboxylic acid groups (broad SMARTS) is 1. The highest BCUT2D eigenvalue weighted by Gasteiger charge is 2.38. The number of hydrogen-bond donors (Lipinski definition) is 5. The molecule has 0 aliphatic carbocycles. The van der Waals surface area contributed by atoms with Crippen LogP contribution in [0.25, 0.3) is 22.3 Å². The first-order valence-corrected chi connectivity index (χ1v) is 10.2. The van der Waals surface area contributed by atoms with Gasteiger partial charge in [0.25, 0.3) is 5.91 Å². The number of amides is 1. The van der Waals surface area contributed by atoms with E-state index in [-0.39, 0.29) is 5.91 Å². The van der Waals surface area contributed by atoms with Crippen LogP contribution in [0.5, 0.6) is 0 Å². The first-order valence-electron chi connectivity index (χ1n) is 10.2. The van der Waals surface area contributed by atoms with Gasteiger partial charge in [-0.3, -0.25) is 4.79 Å². The smallest absolute Gasteiger partial charge is 0.475 e. The molecule has 2 aliphatic rings. The number of aliphatic carboxylic acids is 1. The van der Waals surface area contributed by atoms with E-state index in [2.05, 4.69) is 20.9 Å². The predicted molar refractivity (Wildman–Crippen MR) is 114 cm³/mol. The highest BCUT2D eigenvalue weighted by Crippen LogP contribution is 2.30. The van der Waals surface area contributed by atoms with Gasteiger partial charge in [0.2, 0.25) is 0 Å². The number of benzene rings is 1. The van der Waals surface area contributed by atoms with E-state index in [4.69, 9.17) is 19.9 Å². The first kappa shape index (κ1) is 22.5. The fourth-order valence-corrected chi connectivity index (χ4v) is 3.54. The molecule has 0 bridgehead atoms. The molecule has 3 aromatic rings. The van der Waals surface area contributed by atoms with E-state index in [0.717, 1.165) is 64.6 Å². The molecule has 1 saturated heterocycles. The second-order valence-electron chi connectivity index (χ2n) is 7.71. The van der Waals surface area contributed by atoms with Crippen molar-refractivity contribution in [1.82, 2.24) is 25.6 Å². The van der Waals surface area contributed by atoms with E-state index in [9.17, 15) is 18.0 Å². The molecule has 1 amide bonds. The number of anilines is 1. The molecule has 1 aromatic carbocycles. The van der Waals surface area contributed by atoms with Gasteiger partial charge in [0.15, 0.2) is 0 Å². The first-order chi connectivity index (χ1) is 15.6. The normalized spacial score (nSPS) is 15.7. The molecule has 0 spiro atoms. The van der Waals surface area contributed by atoms with Crippen LogP contribution in [-0.2, 0) is 11.2 Å². The van der Waals surface area contributed by atoms with Gasteiger partial charge < -0.3 is 26.0 Å². The van der Waals surface area contributed by atoms with Crippen molar-refractivity contribution in [3.8, 4) is 11.3 Å². The summed E-state index contributed by atoms with van der Waals surface area (Å²) in [5.41, 5.74) is 6.17. The number of aryl methyl sites for hydroxylation is 1. The highest BCUT2D eigenvalue weighted by atomic mass is 19.4. The average molecular weight is 462 g/mol. The third kappa shape index (κ3) is 4.75. The Morgan fingerprint density at radius 1 is 1.21 bits per heavy atom. The van der Waals surface area contributed by atoms with Crippen LogP contribution in [0, 0.1) is 6.92 Å². The van der Waals surface area contributed by atoms with Crippen molar-refractivity contribution in [1.29, 1.82) is 0 Å². The molecule has 12 heteroatoms. The van der Waals surface area contributed by atoms with Crippen LogP contribution in [0.15, 0.2) is 24.3 Å². The molecule has 1 fully saturated rings. The third-order valence-corrected chi connectivity index (χ3v) is 5.33. The van der Waals surface area contributed by atoms with Crippen molar-refractivity contribution in [3.63, 3.8) is 0 Å². The number of alkyl halides is 3. The zero-order valence-electron chi connectivity index (χ0n) is 17.5. The Morgan fingerprint density at radius 3 is 2.55 bits per heavy atom. The fraction of sp³-hybridized carbons (Fsp3) is 0.333. The molecule has 0 saturated carbocycles. The highest BCUT2D eigenvalue weighted by molar-refractivity contribution is 5.99. The van der Waals surface area contributed by atoms with Crippen LogP contribution < -0.4 is 16.0 Å². The van der Waals surface area contributed by atoms with Crippen LogP contribution in [0.4, 0.5) is 19.0 Å². The molecule has 4 heterocycles. The van der Waals surface area contributed by atoms with Crippen molar-refractivity contribution < 1.29 is 27.9 Å². The van der Waals surface area contributed by atoms with E-state index in [1.54, 1.807) is 0 Å². The van der Waals surface area contributed by atoms with E-state index in [0.29, 0.717) is 12.6 Å². The van der Waals surface area contributed by atoms with Crippen molar-refractivity contribution >= 4 is 28.7 Å². The Kier molecular flexibility index (Phi) is 5.93. The Bertz CT molecular complexity index is 1220. The van der Waals surface area contributed by atoms with Crippen LogP contribution in [0.1, 0.15) is 21.7 Å². The summed E-state index contributed by atoms with van der Waals surface area (Å²) in [6, 6.07) is 8.30. The Balaban J connectivity index is 0.000000325. The quantitative estimate of drug-likeness (QED) is 0.403. The summed E-state index contributed by atoms with van der Waals surface area (Å²) >= 11 is 0. The number of rotatable bonds is 3. The summed E-state index contributed by atoms with van der Waals surface area (Å²) < 4.78 is 31.7. The zero-order valence-corrected chi connectivity index (χ0v) is 17.5. The molecule has 0 atom stereocenters. The maximum absolute atomic E-state index is 12.1. The van der Waals surface area contributed by atoms with Gasteiger partial charge in [-0.15, -0.1) is 0 Å². The number of carbonyl (C=O) groups excluding carboxylic acids is 1. The van der Waals surface area contributed by atoms with E-state index in [1.165, 1.54) is 0 Å². The molecule has 0 unspecified atom stereocenters. The largest absolute Gasteiger partial charge is 0.490 e. The molecule has 9 nitrogen and oxygen atoms in total. The van der Waals surface area contributed by atoms with Gasteiger partial charge in [-0.05, 0) is 19.1 Å². The fourth-order valence-electron chi connectivity index (χ4n) is 3.54. The standard InChI is InChI=1S/C19H20N6O.C2HF3O2/c1-10-18(23-11-8-20-9-11)25-17-12(3-2-4-15(17)22-10)16-7-13-14(24-16)5-6-21-19(13)26;3-2(4,5)1(6)7/h2-4,7,11,20,24H,5-6,8-9H2,1H3,(H,21,26)(H,23,25);(H,6,7). The number of H-pyrrole nitrogens is 1. The molecular formula is C21H21F3N6O3. The lowest BCUT2D eigenvalue weighted by Crippen LogP contribution is -2.51. The summed E-state index contributed by atoms with van der Waals surface area (Å²) in [5.74, 6) is -1.95. The second kappa shape index (κ2) is 8.70. The topological polar surface area (TPSA) is 132 Å². The van der Waals surface area contributed by atoms with Crippen LogP contribution >= 0.6 is 0 Å². The molecule has 5 N–H and O–H groups in total. The van der Waals surface area contributed by atoms with E-state index >= 15 is 0 Å².